The molecule has 0 fully saturated rings. The summed E-state index contributed by atoms with van der Waals surface area (Å²) in [4.78, 5) is 17.2. The minimum Gasteiger partial charge on any atom is -0.340 e. The average Bonchev–Trinajstić information content (AvgIpc) is 3.08. The molecule has 0 aliphatic rings. The summed E-state index contributed by atoms with van der Waals surface area (Å²) >= 11 is 12.1. The highest BCUT2D eigenvalue weighted by Crippen LogP contribution is 2.33. The molecule has 7 heteroatoms. The van der Waals surface area contributed by atoms with Crippen molar-refractivity contribution < 1.29 is 9.32 Å². The SMILES string of the molecule is CC(C)(C)[C@@H](NC(=O)c1ccc(Cl)cc1Cl)c1nc(-c2ccccc2)no1. The Morgan fingerprint density at radius 2 is 1.81 bits per heavy atom. The van der Waals surface area contributed by atoms with Gasteiger partial charge in [-0.15, -0.1) is 0 Å². The predicted octanol–water partition coefficient (Wildman–Crippen LogP) is 5.56. The molecule has 3 rings (SSSR count). The van der Waals surface area contributed by atoms with Gasteiger partial charge in [-0.05, 0) is 23.6 Å². The molecule has 0 unspecified atom stereocenters. The van der Waals surface area contributed by atoms with Gasteiger partial charge >= 0.3 is 0 Å². The van der Waals surface area contributed by atoms with Gasteiger partial charge in [0.25, 0.3) is 5.91 Å². The lowest BCUT2D eigenvalue weighted by atomic mass is 9.86. The van der Waals surface area contributed by atoms with Crippen molar-refractivity contribution in [3.8, 4) is 11.4 Å². The second-order valence-corrected chi connectivity index (χ2v) is 8.06. The van der Waals surface area contributed by atoms with Crippen molar-refractivity contribution in [1.82, 2.24) is 15.5 Å². The molecule has 0 aliphatic carbocycles. The number of rotatable bonds is 4. The first-order valence-electron chi connectivity index (χ1n) is 8.40. The summed E-state index contributed by atoms with van der Waals surface area (Å²) in [5.74, 6) is 0.467. The Morgan fingerprint density at radius 1 is 1.11 bits per heavy atom. The molecule has 1 N–H and O–H groups in total. The largest absolute Gasteiger partial charge is 0.340 e. The van der Waals surface area contributed by atoms with Gasteiger partial charge in [-0.1, -0.05) is 79.5 Å². The normalized spacial score (nSPS) is 12.6. The van der Waals surface area contributed by atoms with Crippen LogP contribution in [0.15, 0.2) is 53.1 Å². The minimum atomic E-state index is -0.498. The third kappa shape index (κ3) is 4.49. The first kappa shape index (κ1) is 19.4. The molecule has 1 amide bonds. The van der Waals surface area contributed by atoms with Crippen molar-refractivity contribution in [3.05, 3.63) is 70.0 Å². The van der Waals surface area contributed by atoms with Gasteiger partial charge in [-0.25, -0.2) is 0 Å². The van der Waals surface area contributed by atoms with E-state index in [1.54, 1.807) is 12.1 Å². The van der Waals surface area contributed by atoms with Crippen LogP contribution >= 0.6 is 23.2 Å². The fraction of sp³-hybridized carbons (Fsp3) is 0.250. The first-order chi connectivity index (χ1) is 12.8. The van der Waals surface area contributed by atoms with Gasteiger partial charge in [0.05, 0.1) is 10.6 Å². The highest BCUT2D eigenvalue weighted by Gasteiger charge is 2.33. The zero-order valence-corrected chi connectivity index (χ0v) is 16.7. The number of amides is 1. The number of nitrogens with zero attached hydrogens (tertiary/aromatic N) is 2. The van der Waals surface area contributed by atoms with Crippen LogP contribution in [0.3, 0.4) is 0 Å². The van der Waals surface area contributed by atoms with E-state index in [-0.39, 0.29) is 16.3 Å². The first-order valence-corrected chi connectivity index (χ1v) is 9.16. The van der Waals surface area contributed by atoms with Crippen molar-refractivity contribution >= 4 is 29.1 Å². The molecule has 0 spiro atoms. The molecule has 140 valence electrons. The number of nitrogens with one attached hydrogen (secondary N) is 1. The lowest BCUT2D eigenvalue weighted by Crippen LogP contribution is -2.37. The minimum absolute atomic E-state index is 0.281. The molecule has 1 aromatic heterocycles. The van der Waals surface area contributed by atoms with Crippen LogP contribution in [0.5, 0.6) is 0 Å². The van der Waals surface area contributed by atoms with Crippen LogP contribution < -0.4 is 5.32 Å². The second kappa shape index (κ2) is 7.71. The van der Waals surface area contributed by atoms with Gasteiger partial charge in [0.15, 0.2) is 0 Å². The molecule has 1 heterocycles. The van der Waals surface area contributed by atoms with Gasteiger partial charge in [-0.3, -0.25) is 4.79 Å². The Labute approximate surface area is 167 Å². The monoisotopic (exact) mass is 403 g/mol. The van der Waals surface area contributed by atoms with Gasteiger partial charge in [0.2, 0.25) is 11.7 Å². The third-order valence-electron chi connectivity index (χ3n) is 4.04. The van der Waals surface area contributed by atoms with Gasteiger partial charge in [0, 0.05) is 10.6 Å². The Balaban J connectivity index is 1.89. The molecule has 0 radical (unpaired) electrons. The standard InChI is InChI=1S/C20H19Cl2N3O2/c1-20(2,3)16(23-18(26)14-10-9-13(21)11-15(14)22)19-24-17(25-27-19)12-7-5-4-6-8-12/h4-11,16H,1-3H3,(H,23,26)/t16-/m0/s1. The summed E-state index contributed by atoms with van der Waals surface area (Å²) in [6.07, 6.45) is 0. The van der Waals surface area contributed by atoms with Crippen LogP contribution in [0.4, 0.5) is 0 Å². The number of aromatic nitrogens is 2. The summed E-state index contributed by atoms with van der Waals surface area (Å²) in [5.41, 5.74) is 0.806. The van der Waals surface area contributed by atoms with Gasteiger partial charge in [-0.2, -0.15) is 4.98 Å². The Bertz CT molecular complexity index is 949. The van der Waals surface area contributed by atoms with E-state index in [2.05, 4.69) is 15.5 Å². The highest BCUT2D eigenvalue weighted by atomic mass is 35.5. The molecule has 0 aliphatic heterocycles. The third-order valence-corrected chi connectivity index (χ3v) is 4.59. The number of benzene rings is 2. The fourth-order valence-corrected chi connectivity index (χ4v) is 3.08. The summed E-state index contributed by atoms with van der Waals surface area (Å²) in [7, 11) is 0. The molecule has 3 aromatic rings. The fourth-order valence-electron chi connectivity index (χ4n) is 2.59. The van der Waals surface area contributed by atoms with Crippen LogP contribution in [0, 0.1) is 5.41 Å². The van der Waals surface area contributed by atoms with E-state index < -0.39 is 6.04 Å². The molecule has 1 atom stereocenters. The number of halogens is 2. The van der Waals surface area contributed by atoms with Crippen molar-refractivity contribution in [3.63, 3.8) is 0 Å². The summed E-state index contributed by atoms with van der Waals surface area (Å²) in [6, 6.07) is 13.7. The number of carbonyl (C=O) groups is 1. The lowest BCUT2D eigenvalue weighted by Gasteiger charge is -2.28. The van der Waals surface area contributed by atoms with E-state index in [1.165, 1.54) is 6.07 Å². The molecule has 2 aromatic carbocycles. The second-order valence-electron chi connectivity index (χ2n) is 7.22. The van der Waals surface area contributed by atoms with E-state index in [0.29, 0.717) is 22.3 Å². The molecule has 5 nitrogen and oxygen atoms in total. The van der Waals surface area contributed by atoms with E-state index in [4.69, 9.17) is 27.7 Å². The summed E-state index contributed by atoms with van der Waals surface area (Å²) in [6.45, 7) is 5.94. The van der Waals surface area contributed by atoms with Crippen LogP contribution in [0.1, 0.15) is 43.1 Å². The Morgan fingerprint density at radius 3 is 2.44 bits per heavy atom. The maximum absolute atomic E-state index is 12.8. The molecule has 0 saturated carbocycles. The zero-order valence-electron chi connectivity index (χ0n) is 15.2. The smallest absolute Gasteiger partial charge is 0.253 e. The van der Waals surface area contributed by atoms with E-state index >= 15 is 0 Å². The predicted molar refractivity (Wildman–Crippen MR) is 106 cm³/mol. The summed E-state index contributed by atoms with van der Waals surface area (Å²) < 4.78 is 5.46. The Hall–Kier alpha value is -2.37. The molecule has 27 heavy (non-hydrogen) atoms. The number of hydrogen-bond acceptors (Lipinski definition) is 4. The maximum Gasteiger partial charge on any atom is 0.253 e. The van der Waals surface area contributed by atoms with E-state index in [0.717, 1.165) is 5.56 Å². The molecular weight excluding hydrogens is 385 g/mol. The van der Waals surface area contributed by atoms with Gasteiger partial charge in [0.1, 0.15) is 6.04 Å². The van der Waals surface area contributed by atoms with Crippen LogP contribution in [-0.4, -0.2) is 16.0 Å². The maximum atomic E-state index is 12.8. The van der Waals surface area contributed by atoms with Crippen LogP contribution in [0.2, 0.25) is 10.0 Å². The van der Waals surface area contributed by atoms with Crippen molar-refractivity contribution in [2.24, 2.45) is 5.41 Å². The topological polar surface area (TPSA) is 68.0 Å². The summed E-state index contributed by atoms with van der Waals surface area (Å²) in [5, 5.41) is 7.75. The molecular formula is C20H19Cl2N3O2. The quantitative estimate of drug-likeness (QED) is 0.618. The van der Waals surface area contributed by atoms with Crippen molar-refractivity contribution in [1.29, 1.82) is 0 Å². The Kier molecular flexibility index (Phi) is 5.53. The highest BCUT2D eigenvalue weighted by molar-refractivity contribution is 6.36. The molecule has 0 bridgehead atoms. The van der Waals surface area contributed by atoms with Crippen LogP contribution in [0.25, 0.3) is 11.4 Å². The average molecular weight is 404 g/mol. The lowest BCUT2D eigenvalue weighted by molar-refractivity contribution is 0.0881. The zero-order chi connectivity index (χ0) is 19.6. The van der Waals surface area contributed by atoms with E-state index in [9.17, 15) is 4.79 Å². The number of hydrogen-bond donors (Lipinski definition) is 1. The van der Waals surface area contributed by atoms with Crippen molar-refractivity contribution in [2.75, 3.05) is 0 Å². The number of carbonyl (C=O) groups excluding carboxylic acids is 1. The van der Waals surface area contributed by atoms with Crippen LogP contribution in [-0.2, 0) is 0 Å². The van der Waals surface area contributed by atoms with Gasteiger partial charge < -0.3 is 9.84 Å². The molecule has 0 saturated heterocycles. The van der Waals surface area contributed by atoms with E-state index in [1.807, 2.05) is 51.1 Å². The van der Waals surface area contributed by atoms with Crippen molar-refractivity contribution in [2.45, 2.75) is 26.8 Å².